The minimum atomic E-state index is 1.21. The number of para-hydroxylation sites is 2. The average molecular weight is 685 g/mol. The summed E-state index contributed by atoms with van der Waals surface area (Å²) in [5, 5.41) is 15.0. The Morgan fingerprint density at radius 2 is 0.519 bits per heavy atom. The van der Waals surface area contributed by atoms with Crippen LogP contribution < -0.4 is 0 Å². The molecule has 0 aliphatic carbocycles. The van der Waals surface area contributed by atoms with Crippen molar-refractivity contribution in [2.75, 3.05) is 0 Å². The quantitative estimate of drug-likeness (QED) is 0.164. The minimum absolute atomic E-state index is 1.21. The van der Waals surface area contributed by atoms with Gasteiger partial charge in [-0.3, -0.25) is 0 Å². The van der Waals surface area contributed by atoms with Crippen LogP contribution in [0, 0.1) is 0 Å². The summed E-state index contributed by atoms with van der Waals surface area (Å²) in [4.78, 5) is 0. The lowest BCUT2D eigenvalue weighted by molar-refractivity contribution is 1.21. The Morgan fingerprint density at radius 3 is 0.889 bits per heavy atom. The van der Waals surface area contributed by atoms with E-state index in [-0.39, 0.29) is 0 Å². The molecule has 12 rings (SSSR count). The molecule has 0 N–H and O–H groups in total. The highest BCUT2D eigenvalue weighted by Gasteiger charge is 2.20. The maximum absolute atomic E-state index is 2.49. The number of hydrogen-bond acceptors (Lipinski definition) is 0. The first-order chi connectivity index (χ1) is 26.8. The molecule has 12 aromatic rings. The van der Waals surface area contributed by atoms with Crippen LogP contribution in [0.1, 0.15) is 0 Å². The van der Waals surface area contributed by atoms with E-state index in [2.05, 4.69) is 203 Å². The number of nitrogens with zero attached hydrogens (tertiary/aromatic N) is 2. The van der Waals surface area contributed by atoms with Crippen molar-refractivity contribution in [3.05, 3.63) is 194 Å². The van der Waals surface area contributed by atoms with E-state index in [0.717, 1.165) is 0 Å². The predicted octanol–water partition coefficient (Wildman–Crippen LogP) is 14.2. The largest absolute Gasteiger partial charge is 0.308 e. The van der Waals surface area contributed by atoms with Gasteiger partial charge in [0.25, 0.3) is 0 Å². The van der Waals surface area contributed by atoms with Crippen molar-refractivity contribution < 1.29 is 0 Å². The summed E-state index contributed by atoms with van der Waals surface area (Å²) < 4.78 is 4.98. The van der Waals surface area contributed by atoms with E-state index in [0.29, 0.717) is 0 Å². The zero-order chi connectivity index (χ0) is 35.3. The van der Waals surface area contributed by atoms with E-state index in [1.54, 1.807) is 0 Å². The molecule has 0 unspecified atom stereocenters. The molecule has 54 heavy (non-hydrogen) atoms. The lowest BCUT2D eigenvalue weighted by Gasteiger charge is -2.16. The Labute approximate surface area is 311 Å². The minimum Gasteiger partial charge on any atom is -0.308 e. The van der Waals surface area contributed by atoms with Crippen LogP contribution in [-0.2, 0) is 0 Å². The summed E-state index contributed by atoms with van der Waals surface area (Å²) in [5.74, 6) is 0. The maximum atomic E-state index is 2.49. The molecular weight excluding hydrogens is 653 g/mol. The summed E-state index contributed by atoms with van der Waals surface area (Å²) in [6.07, 6.45) is 0. The van der Waals surface area contributed by atoms with Gasteiger partial charge in [-0.2, -0.15) is 0 Å². The summed E-state index contributed by atoms with van der Waals surface area (Å²) in [5.41, 5.74) is 9.74. The Kier molecular flexibility index (Phi) is 6.09. The van der Waals surface area contributed by atoms with Crippen molar-refractivity contribution in [1.82, 2.24) is 9.13 Å². The molecule has 0 bridgehead atoms. The molecule has 0 fully saturated rings. The fourth-order valence-corrected chi connectivity index (χ4v) is 9.25. The van der Waals surface area contributed by atoms with Crippen molar-refractivity contribution in [3.8, 4) is 22.5 Å². The lowest BCUT2D eigenvalue weighted by atomic mass is 9.99. The van der Waals surface area contributed by atoms with Crippen LogP contribution >= 0.6 is 0 Å². The van der Waals surface area contributed by atoms with E-state index in [4.69, 9.17) is 0 Å². The zero-order valence-electron chi connectivity index (χ0n) is 29.4. The fourth-order valence-electron chi connectivity index (χ4n) is 9.25. The monoisotopic (exact) mass is 684 g/mol. The van der Waals surface area contributed by atoms with Gasteiger partial charge in [-0.25, -0.2) is 0 Å². The molecule has 0 radical (unpaired) electrons. The number of rotatable bonds is 3. The van der Waals surface area contributed by atoms with Crippen LogP contribution in [0.25, 0.3) is 109 Å². The average Bonchev–Trinajstić information content (AvgIpc) is 3.73. The Morgan fingerprint density at radius 1 is 0.222 bits per heavy atom. The second-order valence-corrected chi connectivity index (χ2v) is 14.5. The van der Waals surface area contributed by atoms with Gasteiger partial charge in [-0.15, -0.1) is 0 Å². The van der Waals surface area contributed by atoms with Gasteiger partial charge in [0.05, 0.1) is 33.4 Å². The van der Waals surface area contributed by atoms with E-state index < -0.39 is 0 Å². The highest BCUT2D eigenvalue weighted by molar-refractivity contribution is 6.17. The Bertz CT molecular complexity index is 3160. The molecule has 2 heteroatoms. The summed E-state index contributed by atoms with van der Waals surface area (Å²) in [6.45, 7) is 0. The maximum Gasteiger partial charge on any atom is 0.0618 e. The molecule has 0 aliphatic rings. The number of fused-ring (bicyclic) bond motifs is 10. The predicted molar refractivity (Wildman–Crippen MR) is 231 cm³/mol. The van der Waals surface area contributed by atoms with Crippen LogP contribution in [-0.4, -0.2) is 9.13 Å². The zero-order valence-corrected chi connectivity index (χ0v) is 29.4. The normalized spacial score (nSPS) is 12.1. The lowest BCUT2D eigenvalue weighted by Crippen LogP contribution is -1.97. The third kappa shape index (κ3) is 4.11. The van der Waals surface area contributed by atoms with Gasteiger partial charge < -0.3 is 9.13 Å². The molecule has 2 heterocycles. The van der Waals surface area contributed by atoms with Gasteiger partial charge in [0.1, 0.15) is 0 Å². The Hall–Kier alpha value is -7.16. The first kappa shape index (κ1) is 29.4. The van der Waals surface area contributed by atoms with Crippen molar-refractivity contribution in [2.24, 2.45) is 0 Å². The molecular formula is C52H32N2. The molecule has 0 saturated heterocycles. The van der Waals surface area contributed by atoms with Gasteiger partial charge in [0, 0.05) is 43.1 Å². The summed E-state index contributed by atoms with van der Waals surface area (Å²) in [7, 11) is 0. The van der Waals surface area contributed by atoms with Gasteiger partial charge in [-0.05, 0) is 81.2 Å². The topological polar surface area (TPSA) is 9.86 Å². The van der Waals surface area contributed by atoms with Crippen LogP contribution in [0.15, 0.2) is 194 Å². The SMILES string of the molecule is c1ccc2c(-n3c4ccccc4c4cc(-c5ccc6c(c5)c5ccccc5n6-c5c6ccccc6cc6ccccc56)ccc43)c3ccccc3cc2c1. The first-order valence-corrected chi connectivity index (χ1v) is 18.7. The van der Waals surface area contributed by atoms with Crippen molar-refractivity contribution in [3.63, 3.8) is 0 Å². The van der Waals surface area contributed by atoms with Gasteiger partial charge in [-0.1, -0.05) is 146 Å². The van der Waals surface area contributed by atoms with E-state index in [1.165, 1.54) is 109 Å². The summed E-state index contributed by atoms with van der Waals surface area (Å²) >= 11 is 0. The summed E-state index contributed by atoms with van der Waals surface area (Å²) in [6, 6.07) is 71.6. The molecule has 0 spiro atoms. The third-order valence-corrected chi connectivity index (χ3v) is 11.6. The fraction of sp³-hybridized carbons (Fsp3) is 0. The highest BCUT2D eigenvalue weighted by atomic mass is 15.0. The molecule has 2 nitrogen and oxygen atoms in total. The van der Waals surface area contributed by atoms with Crippen molar-refractivity contribution >= 4 is 86.7 Å². The molecule has 0 atom stereocenters. The van der Waals surface area contributed by atoms with Crippen LogP contribution in [0.4, 0.5) is 0 Å². The second-order valence-electron chi connectivity index (χ2n) is 14.5. The van der Waals surface area contributed by atoms with Gasteiger partial charge in [0.2, 0.25) is 0 Å². The van der Waals surface area contributed by atoms with Gasteiger partial charge >= 0.3 is 0 Å². The highest BCUT2D eigenvalue weighted by Crippen LogP contribution is 2.42. The van der Waals surface area contributed by atoms with Crippen LogP contribution in [0.3, 0.4) is 0 Å². The molecule has 2 aromatic heterocycles. The van der Waals surface area contributed by atoms with Crippen LogP contribution in [0.2, 0.25) is 0 Å². The molecule has 250 valence electrons. The number of hydrogen-bond donors (Lipinski definition) is 0. The standard InChI is InChI=1S/C52H32N2/c1-5-17-39-35(13-1)29-36-14-2-6-18-40(36)51(39)53-47-23-11-9-21-43(47)45-31-33(25-27-49(45)53)34-26-28-50-46(32-34)44-22-10-12-24-48(44)54(50)52-41-19-7-3-15-37(41)30-38-16-4-8-20-42(38)52/h1-32H. The van der Waals surface area contributed by atoms with Gasteiger partial charge in [0.15, 0.2) is 0 Å². The number of aromatic nitrogens is 2. The Balaban J connectivity index is 1.11. The smallest absolute Gasteiger partial charge is 0.0618 e. The second kappa shape index (κ2) is 11.2. The molecule has 10 aromatic carbocycles. The van der Waals surface area contributed by atoms with E-state index in [1.807, 2.05) is 0 Å². The third-order valence-electron chi connectivity index (χ3n) is 11.6. The van der Waals surface area contributed by atoms with E-state index >= 15 is 0 Å². The first-order valence-electron chi connectivity index (χ1n) is 18.7. The van der Waals surface area contributed by atoms with Crippen LogP contribution in [0.5, 0.6) is 0 Å². The molecule has 0 saturated carbocycles. The number of benzene rings is 10. The van der Waals surface area contributed by atoms with Crippen molar-refractivity contribution in [2.45, 2.75) is 0 Å². The van der Waals surface area contributed by atoms with E-state index in [9.17, 15) is 0 Å². The van der Waals surface area contributed by atoms with Crippen molar-refractivity contribution in [1.29, 1.82) is 0 Å². The molecule has 0 amide bonds. The molecule has 0 aliphatic heterocycles.